The Morgan fingerprint density at radius 2 is 1.67 bits per heavy atom. The lowest BCUT2D eigenvalue weighted by molar-refractivity contribution is -0.133. The topological polar surface area (TPSA) is 83.7 Å². The van der Waals surface area contributed by atoms with Crippen LogP contribution in [-0.4, -0.2) is 54.2 Å². The van der Waals surface area contributed by atoms with Gasteiger partial charge in [-0.2, -0.15) is 0 Å². The lowest BCUT2D eigenvalue weighted by Gasteiger charge is -2.33. The van der Waals surface area contributed by atoms with Crippen LogP contribution in [0.1, 0.15) is 12.8 Å². The Labute approximate surface area is 88.0 Å². The predicted octanol–water partition coefficient (Wildman–Crippen LogP) is -0.812. The van der Waals surface area contributed by atoms with Gasteiger partial charge in [-0.05, 0) is 0 Å². The van der Waals surface area contributed by atoms with Gasteiger partial charge in [-0.1, -0.05) is 0 Å². The molecule has 0 aliphatic carbocycles. The van der Waals surface area contributed by atoms with E-state index in [9.17, 15) is 14.4 Å². The van der Waals surface area contributed by atoms with Crippen LogP contribution in [-0.2, 0) is 9.59 Å². The Bertz CT molecular complexity index is 259. The van der Waals surface area contributed by atoms with E-state index in [-0.39, 0.29) is 18.7 Å². The maximum absolute atomic E-state index is 11.5. The molecule has 1 aliphatic heterocycles. The van der Waals surface area contributed by atoms with Crippen LogP contribution >= 0.6 is 0 Å². The lowest BCUT2D eigenvalue weighted by Crippen LogP contribution is -2.52. The predicted molar refractivity (Wildman–Crippen MR) is 53.0 cm³/mol. The van der Waals surface area contributed by atoms with Gasteiger partial charge in [0.1, 0.15) is 6.29 Å². The first-order valence-electron chi connectivity index (χ1n) is 4.91. The van der Waals surface area contributed by atoms with Gasteiger partial charge in [0.05, 0.1) is 0 Å². The Morgan fingerprint density at radius 3 is 2.13 bits per heavy atom. The normalized spacial score (nSPS) is 16.3. The van der Waals surface area contributed by atoms with Crippen LogP contribution in [0.4, 0.5) is 4.79 Å². The van der Waals surface area contributed by atoms with Crippen LogP contribution in [0, 0.1) is 0 Å². The second-order valence-electron chi connectivity index (χ2n) is 3.41. The molecule has 0 aromatic rings. The van der Waals surface area contributed by atoms with Crippen LogP contribution < -0.4 is 5.73 Å². The molecule has 1 aliphatic rings. The van der Waals surface area contributed by atoms with E-state index in [1.807, 2.05) is 0 Å². The standard InChI is InChI=1S/C9H15N3O3/c10-9(15)12-5-3-11(4-6-12)8(14)2-1-7-13/h7H,1-6H2,(H2,10,15). The summed E-state index contributed by atoms with van der Waals surface area (Å²) in [5.74, 6) is -0.0359. The molecule has 0 saturated carbocycles. The van der Waals surface area contributed by atoms with Crippen molar-refractivity contribution in [3.63, 3.8) is 0 Å². The van der Waals surface area contributed by atoms with Crippen molar-refractivity contribution in [2.75, 3.05) is 26.2 Å². The van der Waals surface area contributed by atoms with Crippen LogP contribution in [0.15, 0.2) is 0 Å². The largest absolute Gasteiger partial charge is 0.351 e. The number of piperazine rings is 1. The zero-order chi connectivity index (χ0) is 11.3. The molecule has 1 saturated heterocycles. The number of primary amides is 1. The Morgan fingerprint density at radius 1 is 1.13 bits per heavy atom. The summed E-state index contributed by atoms with van der Waals surface area (Å²) in [6.07, 6.45) is 1.24. The highest BCUT2D eigenvalue weighted by molar-refractivity contribution is 5.79. The van der Waals surface area contributed by atoms with E-state index < -0.39 is 6.03 Å². The zero-order valence-corrected chi connectivity index (χ0v) is 8.52. The molecule has 0 spiro atoms. The molecule has 1 fully saturated rings. The van der Waals surface area contributed by atoms with E-state index in [1.165, 1.54) is 4.90 Å². The van der Waals surface area contributed by atoms with Crippen LogP contribution in [0.25, 0.3) is 0 Å². The molecule has 0 unspecified atom stereocenters. The minimum Gasteiger partial charge on any atom is -0.351 e. The minimum atomic E-state index is -0.449. The summed E-state index contributed by atoms with van der Waals surface area (Å²) < 4.78 is 0. The Balaban J connectivity index is 2.33. The highest BCUT2D eigenvalue weighted by atomic mass is 16.2. The molecule has 6 nitrogen and oxygen atoms in total. The second kappa shape index (κ2) is 5.33. The third-order valence-corrected chi connectivity index (χ3v) is 2.42. The Hall–Kier alpha value is -1.59. The van der Waals surface area contributed by atoms with Gasteiger partial charge in [0, 0.05) is 39.0 Å². The number of carbonyl (C=O) groups excluding carboxylic acids is 3. The fourth-order valence-corrected chi connectivity index (χ4v) is 1.52. The maximum atomic E-state index is 11.5. The minimum absolute atomic E-state index is 0.0359. The van der Waals surface area contributed by atoms with Gasteiger partial charge in [0.25, 0.3) is 0 Å². The van der Waals surface area contributed by atoms with E-state index >= 15 is 0 Å². The van der Waals surface area contributed by atoms with E-state index in [1.54, 1.807) is 4.90 Å². The first kappa shape index (κ1) is 11.5. The van der Waals surface area contributed by atoms with Gasteiger partial charge in [-0.25, -0.2) is 4.79 Å². The number of carbonyl (C=O) groups is 3. The molecule has 3 amide bonds. The van der Waals surface area contributed by atoms with Gasteiger partial charge in [0.15, 0.2) is 0 Å². The Kier molecular flexibility index (Phi) is 4.08. The molecular formula is C9H15N3O3. The van der Waals surface area contributed by atoms with Crippen molar-refractivity contribution in [3.8, 4) is 0 Å². The third kappa shape index (κ3) is 3.23. The van der Waals surface area contributed by atoms with Gasteiger partial charge >= 0.3 is 6.03 Å². The van der Waals surface area contributed by atoms with E-state index in [2.05, 4.69) is 0 Å². The highest BCUT2D eigenvalue weighted by Gasteiger charge is 2.21. The number of nitrogens with zero attached hydrogens (tertiary/aromatic N) is 2. The van der Waals surface area contributed by atoms with Crippen molar-refractivity contribution in [3.05, 3.63) is 0 Å². The summed E-state index contributed by atoms with van der Waals surface area (Å²) >= 11 is 0. The average molecular weight is 213 g/mol. The molecule has 0 aromatic carbocycles. The van der Waals surface area contributed by atoms with Crippen LogP contribution in [0.2, 0.25) is 0 Å². The SMILES string of the molecule is NC(=O)N1CCN(C(=O)CCC=O)CC1. The van der Waals surface area contributed by atoms with Gasteiger partial charge in [0.2, 0.25) is 5.91 Å². The molecule has 0 aromatic heterocycles. The van der Waals surface area contributed by atoms with Crippen LogP contribution in [0.3, 0.4) is 0 Å². The molecule has 84 valence electrons. The summed E-state index contributed by atoms with van der Waals surface area (Å²) in [5.41, 5.74) is 5.11. The van der Waals surface area contributed by atoms with Crippen molar-refractivity contribution in [1.82, 2.24) is 9.80 Å². The van der Waals surface area contributed by atoms with Crippen molar-refractivity contribution in [2.45, 2.75) is 12.8 Å². The summed E-state index contributed by atoms with van der Waals surface area (Å²) in [7, 11) is 0. The summed E-state index contributed by atoms with van der Waals surface area (Å²) in [4.78, 5) is 35.5. The monoisotopic (exact) mass is 213 g/mol. The molecule has 0 atom stereocenters. The summed E-state index contributed by atoms with van der Waals surface area (Å²) in [5, 5.41) is 0. The number of aldehydes is 1. The van der Waals surface area contributed by atoms with Crippen LogP contribution in [0.5, 0.6) is 0 Å². The molecule has 1 heterocycles. The summed E-state index contributed by atoms with van der Waals surface area (Å²) in [6, 6.07) is -0.449. The fraction of sp³-hybridized carbons (Fsp3) is 0.667. The number of urea groups is 1. The van der Waals surface area contributed by atoms with Gasteiger partial charge in [-0.3, -0.25) is 4.79 Å². The molecule has 0 radical (unpaired) electrons. The van der Waals surface area contributed by atoms with Crippen molar-refractivity contribution in [1.29, 1.82) is 0 Å². The molecule has 6 heteroatoms. The van der Waals surface area contributed by atoms with Gasteiger partial charge in [-0.15, -0.1) is 0 Å². The molecule has 0 bridgehead atoms. The first-order chi connectivity index (χ1) is 7.15. The molecule has 1 rings (SSSR count). The van der Waals surface area contributed by atoms with E-state index in [4.69, 9.17) is 5.73 Å². The van der Waals surface area contributed by atoms with Crippen molar-refractivity contribution < 1.29 is 14.4 Å². The number of hydrogen-bond donors (Lipinski definition) is 1. The number of rotatable bonds is 3. The van der Waals surface area contributed by atoms with E-state index in [0.717, 1.165) is 6.29 Å². The lowest BCUT2D eigenvalue weighted by atomic mass is 10.2. The van der Waals surface area contributed by atoms with E-state index in [0.29, 0.717) is 26.2 Å². The smallest absolute Gasteiger partial charge is 0.314 e. The molecular weight excluding hydrogens is 198 g/mol. The maximum Gasteiger partial charge on any atom is 0.314 e. The first-order valence-corrected chi connectivity index (χ1v) is 4.91. The summed E-state index contributed by atoms with van der Waals surface area (Å²) in [6.45, 7) is 1.95. The number of amides is 3. The number of nitrogens with two attached hydrogens (primary N) is 1. The third-order valence-electron chi connectivity index (χ3n) is 2.42. The molecule has 2 N–H and O–H groups in total. The van der Waals surface area contributed by atoms with Crippen molar-refractivity contribution in [2.24, 2.45) is 5.73 Å². The van der Waals surface area contributed by atoms with Crippen molar-refractivity contribution >= 4 is 18.2 Å². The fourth-order valence-electron chi connectivity index (χ4n) is 1.52. The average Bonchev–Trinajstić information content (AvgIpc) is 2.26. The highest BCUT2D eigenvalue weighted by Crippen LogP contribution is 2.04. The zero-order valence-electron chi connectivity index (χ0n) is 8.52. The second-order valence-corrected chi connectivity index (χ2v) is 3.41. The number of hydrogen-bond acceptors (Lipinski definition) is 3. The van der Waals surface area contributed by atoms with Gasteiger partial charge < -0.3 is 20.3 Å². The quantitative estimate of drug-likeness (QED) is 0.622. The molecule has 15 heavy (non-hydrogen) atoms.